The molecule has 10 nitrogen and oxygen atoms in total. The molecule has 162 valence electrons. The largest absolute Gasteiger partial charge is 0.493 e. The number of nitrogens with zero attached hydrogens (tertiary/aromatic N) is 2. The van der Waals surface area contributed by atoms with Crippen molar-refractivity contribution in [1.82, 2.24) is 20.3 Å². The molecule has 0 fully saturated rings. The lowest BCUT2D eigenvalue weighted by Gasteiger charge is -2.14. The summed E-state index contributed by atoms with van der Waals surface area (Å²) in [6.07, 6.45) is 1.39. The first-order valence-electron chi connectivity index (χ1n) is 9.23. The van der Waals surface area contributed by atoms with Crippen molar-refractivity contribution in [1.29, 1.82) is 0 Å². The van der Waals surface area contributed by atoms with Crippen LogP contribution in [0.15, 0.2) is 24.4 Å². The Morgan fingerprint density at radius 1 is 1.19 bits per heavy atom. The molecule has 3 rings (SSSR count). The predicted octanol–water partition coefficient (Wildman–Crippen LogP) is 2.26. The number of aromatic amines is 1. The van der Waals surface area contributed by atoms with Crippen LogP contribution in [-0.2, 0) is 16.0 Å². The van der Waals surface area contributed by atoms with Gasteiger partial charge in [0.2, 0.25) is 5.88 Å². The lowest BCUT2D eigenvalue weighted by atomic mass is 10.0. The lowest BCUT2D eigenvalue weighted by Crippen LogP contribution is -2.41. The summed E-state index contributed by atoms with van der Waals surface area (Å²) in [6, 6.07) is 3.18. The number of rotatable bonds is 8. The number of hydrogen-bond acceptors (Lipinski definition) is 6. The summed E-state index contributed by atoms with van der Waals surface area (Å²) in [5, 5.41) is 31.1. The van der Waals surface area contributed by atoms with Crippen molar-refractivity contribution in [2.45, 2.75) is 32.2 Å². The van der Waals surface area contributed by atoms with E-state index in [-0.39, 0.29) is 22.9 Å². The van der Waals surface area contributed by atoms with Crippen molar-refractivity contribution >= 4 is 40.5 Å². The van der Waals surface area contributed by atoms with Crippen molar-refractivity contribution in [3.63, 3.8) is 0 Å². The molecule has 0 saturated carbocycles. The van der Waals surface area contributed by atoms with E-state index in [0.717, 1.165) is 0 Å². The number of carboxylic acid groups (broad SMARTS) is 2. The number of hydrogen-bond donors (Lipinski definition) is 5. The molecule has 2 aromatic heterocycles. The second kappa shape index (κ2) is 9.00. The number of nitrogens with one attached hydrogen (secondary N) is 2. The Balaban J connectivity index is 1.78. The number of H-pyrrole nitrogens is 1. The number of carbonyl (C=O) groups is 3. The average Bonchev–Trinajstić information content (AvgIpc) is 3.08. The zero-order valence-corrected chi connectivity index (χ0v) is 17.1. The van der Waals surface area contributed by atoms with Crippen LogP contribution in [0.2, 0.25) is 5.02 Å². The van der Waals surface area contributed by atoms with Crippen molar-refractivity contribution in [2.75, 3.05) is 0 Å². The van der Waals surface area contributed by atoms with Crippen LogP contribution in [-0.4, -0.2) is 54.2 Å². The first-order valence-corrected chi connectivity index (χ1v) is 9.61. The van der Waals surface area contributed by atoms with E-state index in [1.54, 1.807) is 19.2 Å². The summed E-state index contributed by atoms with van der Waals surface area (Å²) in [7, 11) is 0. The third-order valence-corrected chi connectivity index (χ3v) is 5.00. The standard InChI is InChI=1S/C20H19ClN4O6/c1-9-23-17-16(19(29)24-9)12(8-22-17)6-10-2-3-11(7-13(10)21)18(28)25-14(20(30)31)4-5-15(26)27/h2-3,7-8,14H,4-6H2,1H3,(H,25,28)(H,26,27)(H,30,31)(H2,22,23,24,29)/t14-/m0/s1. The highest BCUT2D eigenvalue weighted by atomic mass is 35.5. The van der Waals surface area contributed by atoms with Crippen LogP contribution in [0.25, 0.3) is 11.0 Å². The number of carboxylic acids is 2. The topological polar surface area (TPSA) is 166 Å². The predicted molar refractivity (Wildman–Crippen MR) is 110 cm³/mol. The number of carbonyl (C=O) groups excluding carboxylic acids is 1. The fourth-order valence-electron chi connectivity index (χ4n) is 3.13. The molecule has 31 heavy (non-hydrogen) atoms. The zero-order valence-electron chi connectivity index (χ0n) is 16.3. The third kappa shape index (κ3) is 5.10. The smallest absolute Gasteiger partial charge is 0.326 e. The fourth-order valence-corrected chi connectivity index (χ4v) is 3.38. The number of aromatic hydroxyl groups is 1. The van der Waals surface area contributed by atoms with Gasteiger partial charge in [-0.3, -0.25) is 9.59 Å². The number of halogens is 1. The fraction of sp³-hybridized carbons (Fsp3) is 0.250. The Kier molecular flexibility index (Phi) is 6.40. The Hall–Kier alpha value is -3.66. The lowest BCUT2D eigenvalue weighted by molar-refractivity contribution is -0.140. The molecule has 0 aliphatic rings. The maximum absolute atomic E-state index is 12.4. The molecule has 11 heteroatoms. The molecule has 0 spiro atoms. The molecule has 1 amide bonds. The van der Waals surface area contributed by atoms with Gasteiger partial charge in [-0.1, -0.05) is 17.7 Å². The molecule has 3 aromatic rings. The second-order valence-electron chi connectivity index (χ2n) is 6.91. The summed E-state index contributed by atoms with van der Waals surface area (Å²) in [4.78, 5) is 45.5. The van der Waals surface area contributed by atoms with Crippen LogP contribution in [0, 0.1) is 6.92 Å². The van der Waals surface area contributed by atoms with E-state index in [1.165, 1.54) is 12.1 Å². The average molecular weight is 447 g/mol. The monoisotopic (exact) mass is 446 g/mol. The van der Waals surface area contributed by atoms with Crippen LogP contribution < -0.4 is 5.32 Å². The van der Waals surface area contributed by atoms with Gasteiger partial charge in [0, 0.05) is 29.6 Å². The van der Waals surface area contributed by atoms with Crippen LogP contribution in [0.1, 0.15) is 40.2 Å². The molecule has 2 heterocycles. The number of aliphatic carboxylic acids is 2. The van der Waals surface area contributed by atoms with E-state index in [9.17, 15) is 24.6 Å². The molecule has 0 aliphatic carbocycles. The van der Waals surface area contributed by atoms with Crippen molar-refractivity contribution in [3.8, 4) is 5.88 Å². The molecule has 0 saturated heterocycles. The number of benzene rings is 1. The second-order valence-corrected chi connectivity index (χ2v) is 7.32. The Labute approximate surface area is 180 Å². The Bertz CT molecular complexity index is 1180. The maximum atomic E-state index is 12.4. The first-order chi connectivity index (χ1) is 14.7. The van der Waals surface area contributed by atoms with Crippen LogP contribution in [0.5, 0.6) is 5.88 Å². The van der Waals surface area contributed by atoms with Gasteiger partial charge in [-0.15, -0.1) is 0 Å². The van der Waals surface area contributed by atoms with E-state index in [2.05, 4.69) is 20.3 Å². The van der Waals surface area contributed by atoms with Gasteiger partial charge in [-0.2, -0.15) is 4.98 Å². The minimum absolute atomic E-state index is 0.135. The Morgan fingerprint density at radius 2 is 1.94 bits per heavy atom. The third-order valence-electron chi connectivity index (χ3n) is 4.65. The number of aromatic nitrogens is 3. The number of amides is 1. The first kappa shape index (κ1) is 22.0. The normalized spacial score (nSPS) is 11.9. The zero-order chi connectivity index (χ0) is 22.7. The molecule has 1 atom stereocenters. The van der Waals surface area contributed by atoms with E-state index >= 15 is 0 Å². The minimum Gasteiger partial charge on any atom is -0.493 e. The molecule has 0 bridgehead atoms. The summed E-state index contributed by atoms with van der Waals surface area (Å²) >= 11 is 6.33. The van der Waals surface area contributed by atoms with E-state index < -0.39 is 30.3 Å². The SMILES string of the molecule is Cc1nc(O)c2c(Cc3ccc(C(=O)N[C@@H](CCC(=O)O)C(=O)O)cc3Cl)c[nH]c2n1. The molecule has 5 N–H and O–H groups in total. The number of fused-ring (bicyclic) bond motifs is 1. The quantitative estimate of drug-likeness (QED) is 0.351. The van der Waals surface area contributed by atoms with Gasteiger partial charge >= 0.3 is 11.9 Å². The van der Waals surface area contributed by atoms with Gasteiger partial charge in [-0.05, 0) is 36.6 Å². The molecule has 0 unspecified atom stereocenters. The minimum atomic E-state index is -1.33. The van der Waals surface area contributed by atoms with E-state index in [1.807, 2.05) is 0 Å². The summed E-state index contributed by atoms with van der Waals surface area (Å²) in [5.74, 6) is -2.88. The summed E-state index contributed by atoms with van der Waals surface area (Å²) in [5.41, 5.74) is 2.01. The highest BCUT2D eigenvalue weighted by Crippen LogP contribution is 2.29. The summed E-state index contributed by atoms with van der Waals surface area (Å²) < 4.78 is 0. The molecule has 0 radical (unpaired) electrons. The maximum Gasteiger partial charge on any atom is 0.326 e. The van der Waals surface area contributed by atoms with Gasteiger partial charge in [-0.25, -0.2) is 9.78 Å². The Morgan fingerprint density at radius 3 is 2.58 bits per heavy atom. The molecular weight excluding hydrogens is 428 g/mol. The van der Waals surface area contributed by atoms with E-state index in [4.69, 9.17) is 16.7 Å². The van der Waals surface area contributed by atoms with Crippen LogP contribution >= 0.6 is 11.6 Å². The van der Waals surface area contributed by atoms with Gasteiger partial charge < -0.3 is 25.6 Å². The van der Waals surface area contributed by atoms with Crippen LogP contribution in [0.4, 0.5) is 0 Å². The van der Waals surface area contributed by atoms with Gasteiger partial charge in [0.1, 0.15) is 17.5 Å². The van der Waals surface area contributed by atoms with Gasteiger partial charge in [0.05, 0.1) is 5.39 Å². The van der Waals surface area contributed by atoms with Gasteiger partial charge in [0.15, 0.2) is 0 Å². The molecule has 0 aliphatic heterocycles. The summed E-state index contributed by atoms with van der Waals surface area (Å²) in [6.45, 7) is 1.66. The van der Waals surface area contributed by atoms with Gasteiger partial charge in [0.25, 0.3) is 5.91 Å². The van der Waals surface area contributed by atoms with Crippen LogP contribution in [0.3, 0.4) is 0 Å². The van der Waals surface area contributed by atoms with E-state index in [0.29, 0.717) is 34.4 Å². The van der Waals surface area contributed by atoms with Crippen molar-refractivity contribution in [3.05, 3.63) is 51.9 Å². The highest BCUT2D eigenvalue weighted by Gasteiger charge is 2.22. The van der Waals surface area contributed by atoms with Crippen molar-refractivity contribution < 1.29 is 29.7 Å². The molecule has 1 aromatic carbocycles. The molecular formula is C20H19ClN4O6. The van der Waals surface area contributed by atoms with Crippen molar-refractivity contribution in [2.24, 2.45) is 0 Å². The highest BCUT2D eigenvalue weighted by molar-refractivity contribution is 6.31. The number of aryl methyl sites for hydroxylation is 1.